The minimum absolute atomic E-state index is 0.136. The highest BCUT2D eigenvalue weighted by Crippen LogP contribution is 2.37. The first kappa shape index (κ1) is 17.2. The molecule has 5 nitrogen and oxygen atoms in total. The Bertz CT molecular complexity index is 979. The summed E-state index contributed by atoms with van der Waals surface area (Å²) in [4.78, 5) is 32.2. The fourth-order valence-electron chi connectivity index (χ4n) is 3.16. The Hall–Kier alpha value is -3.21. The van der Waals surface area contributed by atoms with Gasteiger partial charge in [-0.1, -0.05) is 48.5 Å². The molecule has 0 radical (unpaired) electrons. The van der Waals surface area contributed by atoms with Crippen LogP contribution >= 0.6 is 0 Å². The third-order valence-corrected chi connectivity index (χ3v) is 4.73. The molecule has 27 heavy (non-hydrogen) atoms. The number of benzene rings is 2. The van der Waals surface area contributed by atoms with Gasteiger partial charge in [0.2, 0.25) is 0 Å². The SMILES string of the molecule is O=C(NC(Cc1cc(=O)[nH]c(C2CC2)n1)c1ccccc1)c1ccccc1. The highest BCUT2D eigenvalue weighted by atomic mass is 16.1. The summed E-state index contributed by atoms with van der Waals surface area (Å²) in [6.07, 6.45) is 2.60. The van der Waals surface area contributed by atoms with Crippen LogP contribution in [0, 0.1) is 0 Å². The molecule has 0 spiro atoms. The Morgan fingerprint density at radius 2 is 1.74 bits per heavy atom. The van der Waals surface area contributed by atoms with Gasteiger partial charge in [0.25, 0.3) is 11.5 Å². The number of nitrogens with zero attached hydrogens (tertiary/aromatic N) is 1. The summed E-state index contributed by atoms with van der Waals surface area (Å²) in [7, 11) is 0. The molecule has 1 amide bonds. The smallest absolute Gasteiger partial charge is 0.251 e. The lowest BCUT2D eigenvalue weighted by Gasteiger charge is -2.19. The molecule has 1 unspecified atom stereocenters. The van der Waals surface area contributed by atoms with Gasteiger partial charge in [-0.05, 0) is 30.5 Å². The number of amides is 1. The maximum Gasteiger partial charge on any atom is 0.251 e. The zero-order valence-electron chi connectivity index (χ0n) is 14.9. The van der Waals surface area contributed by atoms with Gasteiger partial charge in [-0.2, -0.15) is 0 Å². The highest BCUT2D eigenvalue weighted by molar-refractivity contribution is 5.94. The van der Waals surface area contributed by atoms with Crippen LogP contribution in [0.25, 0.3) is 0 Å². The lowest BCUT2D eigenvalue weighted by molar-refractivity contribution is 0.0936. The number of hydrogen-bond donors (Lipinski definition) is 2. The van der Waals surface area contributed by atoms with Crippen molar-refractivity contribution >= 4 is 5.91 Å². The Morgan fingerprint density at radius 3 is 2.41 bits per heavy atom. The normalized spacial score (nSPS) is 14.5. The molecule has 136 valence electrons. The second-order valence-electron chi connectivity index (χ2n) is 6.90. The van der Waals surface area contributed by atoms with Gasteiger partial charge in [0.05, 0.1) is 11.7 Å². The number of carbonyl (C=O) groups is 1. The third-order valence-electron chi connectivity index (χ3n) is 4.73. The number of aromatic nitrogens is 2. The topological polar surface area (TPSA) is 74.8 Å². The van der Waals surface area contributed by atoms with Gasteiger partial charge < -0.3 is 10.3 Å². The van der Waals surface area contributed by atoms with Crippen molar-refractivity contribution in [3.8, 4) is 0 Å². The Kier molecular flexibility index (Phi) is 4.83. The summed E-state index contributed by atoms with van der Waals surface area (Å²) in [6.45, 7) is 0. The molecule has 0 saturated heterocycles. The molecule has 2 aromatic carbocycles. The van der Waals surface area contributed by atoms with Gasteiger partial charge in [0.15, 0.2) is 0 Å². The molecule has 0 bridgehead atoms. The van der Waals surface area contributed by atoms with Crippen molar-refractivity contribution in [2.45, 2.75) is 31.2 Å². The summed E-state index contributed by atoms with van der Waals surface area (Å²) in [5, 5.41) is 3.09. The van der Waals surface area contributed by atoms with Crippen LogP contribution in [-0.4, -0.2) is 15.9 Å². The predicted octanol–water partition coefficient (Wildman–Crippen LogP) is 3.36. The number of rotatable bonds is 6. The molecular weight excluding hydrogens is 338 g/mol. The van der Waals surface area contributed by atoms with E-state index >= 15 is 0 Å². The summed E-state index contributed by atoms with van der Waals surface area (Å²) in [5.41, 5.74) is 2.15. The molecule has 3 aromatic rings. The summed E-state index contributed by atoms with van der Waals surface area (Å²) in [6, 6.07) is 20.2. The van der Waals surface area contributed by atoms with Crippen LogP contribution in [0.5, 0.6) is 0 Å². The average molecular weight is 359 g/mol. The van der Waals surface area contributed by atoms with Crippen LogP contribution in [0.3, 0.4) is 0 Å². The zero-order valence-corrected chi connectivity index (χ0v) is 14.9. The van der Waals surface area contributed by atoms with Crippen LogP contribution in [-0.2, 0) is 6.42 Å². The molecule has 1 atom stereocenters. The minimum Gasteiger partial charge on any atom is -0.345 e. The highest BCUT2D eigenvalue weighted by Gasteiger charge is 2.27. The van der Waals surface area contributed by atoms with Crippen LogP contribution in [0.1, 0.15) is 52.2 Å². The molecule has 0 aliphatic heterocycles. The summed E-state index contributed by atoms with van der Waals surface area (Å²) < 4.78 is 0. The molecule has 1 aliphatic rings. The van der Waals surface area contributed by atoms with E-state index in [-0.39, 0.29) is 17.5 Å². The molecule has 1 fully saturated rings. The van der Waals surface area contributed by atoms with Gasteiger partial charge in [0, 0.05) is 24.0 Å². The molecule has 1 heterocycles. The van der Waals surface area contributed by atoms with E-state index in [1.54, 1.807) is 12.1 Å². The van der Waals surface area contributed by atoms with Crippen LogP contribution in [0.2, 0.25) is 0 Å². The van der Waals surface area contributed by atoms with Crippen molar-refractivity contribution in [2.24, 2.45) is 0 Å². The number of hydrogen-bond acceptors (Lipinski definition) is 3. The first-order valence-corrected chi connectivity index (χ1v) is 9.20. The van der Waals surface area contributed by atoms with Crippen molar-refractivity contribution in [3.05, 3.63) is 99.7 Å². The van der Waals surface area contributed by atoms with Gasteiger partial charge >= 0.3 is 0 Å². The standard InChI is InChI=1S/C22H21N3O2/c26-20-14-18(23-21(25-20)16-11-12-16)13-19(15-7-3-1-4-8-15)24-22(27)17-9-5-2-6-10-17/h1-10,14,16,19H,11-13H2,(H,24,27)(H,23,25,26). The van der Waals surface area contributed by atoms with Gasteiger partial charge in [-0.3, -0.25) is 9.59 Å². The Morgan fingerprint density at radius 1 is 1.07 bits per heavy atom. The third kappa shape index (κ3) is 4.31. The lowest BCUT2D eigenvalue weighted by Crippen LogP contribution is -2.30. The van der Waals surface area contributed by atoms with Gasteiger partial charge in [-0.15, -0.1) is 0 Å². The Labute approximate surface area is 157 Å². The van der Waals surface area contributed by atoms with Crippen LogP contribution in [0.4, 0.5) is 0 Å². The molecule has 1 aromatic heterocycles. The monoisotopic (exact) mass is 359 g/mol. The van der Waals surface area contributed by atoms with Crippen molar-refractivity contribution < 1.29 is 4.79 Å². The molecule has 2 N–H and O–H groups in total. The fourth-order valence-corrected chi connectivity index (χ4v) is 3.16. The van der Waals surface area contributed by atoms with E-state index in [0.717, 1.165) is 24.2 Å². The van der Waals surface area contributed by atoms with Gasteiger partial charge in [-0.25, -0.2) is 4.98 Å². The number of H-pyrrole nitrogens is 1. The van der Waals surface area contributed by atoms with Crippen molar-refractivity contribution in [1.29, 1.82) is 0 Å². The largest absolute Gasteiger partial charge is 0.345 e. The summed E-state index contributed by atoms with van der Waals surface area (Å²) in [5.74, 6) is 0.988. The van der Waals surface area contributed by atoms with Crippen molar-refractivity contribution in [1.82, 2.24) is 15.3 Å². The number of nitrogens with one attached hydrogen (secondary N) is 2. The van der Waals surface area contributed by atoms with E-state index < -0.39 is 0 Å². The average Bonchev–Trinajstić information content (AvgIpc) is 3.54. The first-order chi connectivity index (χ1) is 13.2. The molecule has 1 saturated carbocycles. The maximum atomic E-state index is 12.7. The molecule has 1 aliphatic carbocycles. The van der Waals surface area contributed by atoms with E-state index in [9.17, 15) is 9.59 Å². The predicted molar refractivity (Wildman–Crippen MR) is 104 cm³/mol. The van der Waals surface area contributed by atoms with Crippen molar-refractivity contribution in [2.75, 3.05) is 0 Å². The second-order valence-corrected chi connectivity index (χ2v) is 6.90. The van der Waals surface area contributed by atoms with Crippen molar-refractivity contribution in [3.63, 3.8) is 0 Å². The first-order valence-electron chi connectivity index (χ1n) is 9.20. The second kappa shape index (κ2) is 7.58. The number of carbonyl (C=O) groups excluding carboxylic acids is 1. The van der Waals surface area contributed by atoms with E-state index in [2.05, 4.69) is 15.3 Å². The van der Waals surface area contributed by atoms with E-state index in [1.807, 2.05) is 48.5 Å². The number of aromatic amines is 1. The quantitative estimate of drug-likeness (QED) is 0.709. The lowest BCUT2D eigenvalue weighted by atomic mass is 10.0. The van der Waals surface area contributed by atoms with E-state index in [4.69, 9.17) is 0 Å². The molecule has 5 heteroatoms. The zero-order chi connectivity index (χ0) is 18.6. The van der Waals surface area contributed by atoms with Crippen LogP contribution in [0.15, 0.2) is 71.5 Å². The fraction of sp³-hybridized carbons (Fsp3) is 0.227. The van der Waals surface area contributed by atoms with E-state index in [1.165, 1.54) is 6.07 Å². The maximum absolute atomic E-state index is 12.7. The molecule has 4 rings (SSSR count). The van der Waals surface area contributed by atoms with Crippen LogP contribution < -0.4 is 10.9 Å². The summed E-state index contributed by atoms with van der Waals surface area (Å²) >= 11 is 0. The minimum atomic E-state index is -0.264. The molecular formula is C22H21N3O2. The van der Waals surface area contributed by atoms with E-state index in [0.29, 0.717) is 23.6 Å². The van der Waals surface area contributed by atoms with Gasteiger partial charge in [0.1, 0.15) is 5.82 Å². The Balaban J connectivity index is 1.61.